The monoisotopic (exact) mass is 591 g/mol. The van der Waals surface area contributed by atoms with Gasteiger partial charge in [0.1, 0.15) is 11.9 Å². The van der Waals surface area contributed by atoms with E-state index in [0.29, 0.717) is 16.7 Å². The Hall–Kier alpha value is -3.28. The van der Waals surface area contributed by atoms with Crippen LogP contribution in [0.4, 0.5) is 0 Å². The molecule has 42 heavy (non-hydrogen) atoms. The van der Waals surface area contributed by atoms with Crippen molar-refractivity contribution >= 4 is 28.5 Å². The van der Waals surface area contributed by atoms with Gasteiger partial charge in [-0.25, -0.2) is 0 Å². The van der Waals surface area contributed by atoms with Crippen LogP contribution in [-0.2, 0) is 20.7 Å². The van der Waals surface area contributed by atoms with E-state index in [1.807, 2.05) is 13.0 Å². The number of benzene rings is 2. The minimum absolute atomic E-state index is 0.236. The first kappa shape index (κ1) is 33.2. The topological polar surface area (TPSA) is 60.5 Å². The average molecular weight is 592 g/mol. The van der Waals surface area contributed by atoms with Crippen LogP contribution in [-0.4, -0.2) is 30.3 Å². The zero-order chi connectivity index (χ0) is 30.6. The standard InChI is InChI=1S/C28H39NO2.C8H7ClO2/c1-7-23(11-10-21(5)31-24-14-16-30-17-15-24)22(6)28-25(12-8-19(2)3)26-18-20(4)9-13-27(26)29-28;1-6(10)11-8-4-2-7(9)3-5-8/h7,9-11,13,18-19,22,24,29H,1,8,12,14-17H2,2-6H3;2-5H,1H3/b21-10+,23-11+;. The van der Waals surface area contributed by atoms with E-state index in [2.05, 4.69) is 69.6 Å². The number of esters is 1. The van der Waals surface area contributed by atoms with Crippen molar-refractivity contribution in [1.82, 2.24) is 4.98 Å². The SMILES string of the molecule is C=C/C(=C\C=C(/C)OC1CCOCC1)C(C)c1[nH]c2ccc(C)cc2c1CCC(C)C.CC(=O)Oc1ccc(Cl)cc1. The first-order valence-electron chi connectivity index (χ1n) is 14.9. The number of halogens is 1. The quantitative estimate of drug-likeness (QED) is 0.110. The molecule has 0 spiro atoms. The van der Waals surface area contributed by atoms with Crippen LogP contribution in [0.5, 0.6) is 5.75 Å². The molecule has 0 radical (unpaired) electrons. The van der Waals surface area contributed by atoms with E-state index >= 15 is 0 Å². The van der Waals surface area contributed by atoms with E-state index < -0.39 is 0 Å². The summed E-state index contributed by atoms with van der Waals surface area (Å²) >= 11 is 5.61. The molecule has 1 aromatic heterocycles. The summed E-state index contributed by atoms with van der Waals surface area (Å²) in [4.78, 5) is 14.2. The molecule has 1 N–H and O–H groups in total. The van der Waals surface area contributed by atoms with Gasteiger partial charge in [0.2, 0.25) is 0 Å². The summed E-state index contributed by atoms with van der Waals surface area (Å²) in [5, 5.41) is 1.99. The van der Waals surface area contributed by atoms with Gasteiger partial charge in [-0.3, -0.25) is 4.79 Å². The molecule has 0 bridgehead atoms. The molecule has 1 unspecified atom stereocenters. The number of rotatable bonds is 10. The van der Waals surface area contributed by atoms with E-state index in [1.54, 1.807) is 24.3 Å². The summed E-state index contributed by atoms with van der Waals surface area (Å²) in [6.07, 6.45) is 10.7. The third kappa shape index (κ3) is 10.2. The summed E-state index contributed by atoms with van der Waals surface area (Å²) in [5.74, 6) is 2.06. The summed E-state index contributed by atoms with van der Waals surface area (Å²) < 4.78 is 16.3. The summed E-state index contributed by atoms with van der Waals surface area (Å²) in [5.41, 5.74) is 6.49. The smallest absolute Gasteiger partial charge is 0.308 e. The molecule has 1 fully saturated rings. The van der Waals surface area contributed by atoms with Gasteiger partial charge in [0, 0.05) is 47.3 Å². The lowest BCUT2D eigenvalue weighted by Gasteiger charge is -2.23. The lowest BCUT2D eigenvalue weighted by molar-refractivity contribution is -0.131. The van der Waals surface area contributed by atoms with Crippen LogP contribution in [0, 0.1) is 12.8 Å². The van der Waals surface area contributed by atoms with Crippen LogP contribution in [0.3, 0.4) is 0 Å². The number of aryl methyl sites for hydroxylation is 2. The van der Waals surface area contributed by atoms with Gasteiger partial charge in [-0.2, -0.15) is 0 Å². The highest BCUT2D eigenvalue weighted by molar-refractivity contribution is 6.30. The Kier molecular flexibility index (Phi) is 13.0. The van der Waals surface area contributed by atoms with Gasteiger partial charge in [0.15, 0.2) is 0 Å². The fourth-order valence-electron chi connectivity index (χ4n) is 4.99. The number of allylic oxidation sites excluding steroid dienone is 5. The minimum Gasteiger partial charge on any atom is -0.495 e. The number of H-pyrrole nitrogens is 1. The van der Waals surface area contributed by atoms with Crippen molar-refractivity contribution in [3.8, 4) is 5.75 Å². The second kappa shape index (κ2) is 16.4. The van der Waals surface area contributed by atoms with Gasteiger partial charge in [0.05, 0.1) is 19.0 Å². The van der Waals surface area contributed by atoms with Gasteiger partial charge in [-0.15, -0.1) is 0 Å². The average Bonchev–Trinajstić information content (AvgIpc) is 3.31. The molecular formula is C36H46ClNO4. The number of ether oxygens (including phenoxy) is 3. The molecule has 0 aliphatic carbocycles. The summed E-state index contributed by atoms with van der Waals surface area (Å²) in [6, 6.07) is 13.3. The Morgan fingerprint density at radius 1 is 1.10 bits per heavy atom. The fraction of sp³-hybridized carbons (Fsp3) is 0.417. The van der Waals surface area contributed by atoms with Crippen molar-refractivity contribution in [2.24, 2.45) is 5.92 Å². The second-order valence-corrected chi connectivity index (χ2v) is 11.8. The van der Waals surface area contributed by atoms with Crippen LogP contribution >= 0.6 is 11.6 Å². The molecule has 1 aliphatic rings. The van der Waals surface area contributed by atoms with Crippen LogP contribution in [0.25, 0.3) is 10.9 Å². The van der Waals surface area contributed by atoms with Gasteiger partial charge in [-0.1, -0.05) is 62.7 Å². The van der Waals surface area contributed by atoms with Crippen molar-refractivity contribution in [3.63, 3.8) is 0 Å². The zero-order valence-electron chi connectivity index (χ0n) is 26.0. The summed E-state index contributed by atoms with van der Waals surface area (Å²) in [7, 11) is 0. The highest BCUT2D eigenvalue weighted by Crippen LogP contribution is 2.34. The number of hydrogen-bond donors (Lipinski definition) is 1. The largest absolute Gasteiger partial charge is 0.495 e. The number of fused-ring (bicyclic) bond motifs is 1. The van der Waals surface area contributed by atoms with Crippen molar-refractivity contribution in [1.29, 1.82) is 0 Å². The molecule has 4 rings (SSSR count). The van der Waals surface area contributed by atoms with Gasteiger partial charge in [-0.05, 0) is 86.2 Å². The number of carbonyl (C=O) groups excluding carboxylic acids is 1. The number of carbonyl (C=O) groups is 1. The van der Waals surface area contributed by atoms with Crippen LogP contribution in [0.15, 0.2) is 78.6 Å². The van der Waals surface area contributed by atoms with Gasteiger partial charge < -0.3 is 19.2 Å². The Morgan fingerprint density at radius 2 is 1.79 bits per heavy atom. The van der Waals surface area contributed by atoms with Crippen molar-refractivity contribution in [2.45, 2.75) is 79.2 Å². The number of hydrogen-bond acceptors (Lipinski definition) is 4. The maximum atomic E-state index is 10.4. The molecule has 5 nitrogen and oxygen atoms in total. The lowest BCUT2D eigenvalue weighted by atomic mass is 9.90. The third-order valence-corrected chi connectivity index (χ3v) is 7.59. The van der Waals surface area contributed by atoms with E-state index in [-0.39, 0.29) is 18.0 Å². The molecule has 0 amide bonds. The molecule has 1 atom stereocenters. The van der Waals surface area contributed by atoms with Crippen molar-refractivity contribution in [2.75, 3.05) is 13.2 Å². The van der Waals surface area contributed by atoms with Crippen LogP contribution in [0.2, 0.25) is 5.02 Å². The Balaban J connectivity index is 0.000000369. The normalized spacial score (nSPS) is 15.2. The highest BCUT2D eigenvalue weighted by Gasteiger charge is 2.19. The lowest BCUT2D eigenvalue weighted by Crippen LogP contribution is -2.22. The molecule has 2 heterocycles. The predicted octanol–water partition coefficient (Wildman–Crippen LogP) is 9.65. The predicted molar refractivity (Wildman–Crippen MR) is 174 cm³/mol. The summed E-state index contributed by atoms with van der Waals surface area (Å²) in [6.45, 7) is 18.1. The molecule has 226 valence electrons. The Labute approximate surface area is 256 Å². The Bertz CT molecular complexity index is 1380. The van der Waals surface area contributed by atoms with Crippen molar-refractivity contribution in [3.05, 3.63) is 100 Å². The molecule has 0 saturated carbocycles. The first-order valence-corrected chi connectivity index (χ1v) is 15.3. The molecule has 1 aliphatic heterocycles. The third-order valence-electron chi connectivity index (χ3n) is 7.34. The van der Waals surface area contributed by atoms with E-state index in [1.165, 1.54) is 46.6 Å². The van der Waals surface area contributed by atoms with E-state index in [4.69, 9.17) is 25.8 Å². The molecular weight excluding hydrogens is 546 g/mol. The number of aromatic amines is 1. The first-order chi connectivity index (χ1) is 20.1. The minimum atomic E-state index is -0.327. The van der Waals surface area contributed by atoms with Gasteiger partial charge >= 0.3 is 5.97 Å². The van der Waals surface area contributed by atoms with Crippen LogP contribution < -0.4 is 4.74 Å². The maximum absolute atomic E-state index is 10.4. The molecule has 1 saturated heterocycles. The highest BCUT2D eigenvalue weighted by atomic mass is 35.5. The van der Waals surface area contributed by atoms with E-state index in [0.717, 1.165) is 38.2 Å². The van der Waals surface area contributed by atoms with Gasteiger partial charge in [0.25, 0.3) is 0 Å². The second-order valence-electron chi connectivity index (χ2n) is 11.3. The molecule has 2 aromatic carbocycles. The number of nitrogens with one attached hydrogen (secondary N) is 1. The fourth-order valence-corrected chi connectivity index (χ4v) is 5.11. The van der Waals surface area contributed by atoms with E-state index in [9.17, 15) is 4.79 Å². The zero-order valence-corrected chi connectivity index (χ0v) is 26.7. The molecule has 6 heteroatoms. The van der Waals surface area contributed by atoms with Crippen molar-refractivity contribution < 1.29 is 19.0 Å². The number of aromatic nitrogens is 1. The Morgan fingerprint density at radius 3 is 2.40 bits per heavy atom. The molecule has 3 aromatic rings. The van der Waals surface area contributed by atoms with Crippen LogP contribution in [0.1, 0.15) is 76.6 Å². The maximum Gasteiger partial charge on any atom is 0.308 e.